The fourth-order valence-corrected chi connectivity index (χ4v) is 2.94. The smallest absolute Gasteiger partial charge is 0.173 e. The molecule has 0 aliphatic heterocycles. The maximum Gasteiger partial charge on any atom is 0.173 e. The Kier molecular flexibility index (Phi) is 7.75. The van der Waals surface area contributed by atoms with Gasteiger partial charge in [0.25, 0.3) is 0 Å². The van der Waals surface area contributed by atoms with E-state index in [0.717, 1.165) is 31.7 Å². The van der Waals surface area contributed by atoms with Crippen LogP contribution in [0.4, 0.5) is 5.69 Å². The van der Waals surface area contributed by atoms with Gasteiger partial charge in [-0.05, 0) is 49.0 Å². The lowest BCUT2D eigenvalue weighted by Crippen LogP contribution is -3.05. The number of nitrogens with zero attached hydrogens (tertiary/aromatic N) is 1. The zero-order valence-corrected chi connectivity index (χ0v) is 16.6. The highest BCUT2D eigenvalue weighted by molar-refractivity contribution is 7.80. The Labute approximate surface area is 161 Å². The highest BCUT2D eigenvalue weighted by Crippen LogP contribution is 2.13. The van der Waals surface area contributed by atoms with E-state index in [1.54, 1.807) is 6.92 Å². The molecule has 0 aliphatic carbocycles. The number of thiocarbonyl (C=S) groups is 1. The molecular formula is C21H28N3OS+. The maximum atomic E-state index is 11.4. The van der Waals surface area contributed by atoms with Crippen LogP contribution in [-0.2, 0) is 6.54 Å². The van der Waals surface area contributed by atoms with E-state index in [2.05, 4.69) is 48.6 Å². The standard InChI is InChI=1S/C21H27N3OS/c1-17(25)19-10-12-20(13-11-19)22-21(26)24(15-7-14-23(2)3)16-18-8-5-4-6-9-18/h4-6,8-13H,7,14-16H2,1-3H3,(H,22,26)/p+1. The second-order valence-electron chi connectivity index (χ2n) is 6.78. The first-order valence-corrected chi connectivity index (χ1v) is 9.36. The molecule has 5 heteroatoms. The van der Waals surface area contributed by atoms with Crippen molar-refractivity contribution < 1.29 is 9.69 Å². The summed E-state index contributed by atoms with van der Waals surface area (Å²) < 4.78 is 0. The number of benzene rings is 2. The highest BCUT2D eigenvalue weighted by Gasteiger charge is 2.12. The van der Waals surface area contributed by atoms with Gasteiger partial charge in [0, 0.05) is 30.8 Å². The summed E-state index contributed by atoms with van der Waals surface area (Å²) in [6, 6.07) is 17.8. The van der Waals surface area contributed by atoms with Crippen molar-refractivity contribution in [3.63, 3.8) is 0 Å². The second kappa shape index (κ2) is 10.0. The van der Waals surface area contributed by atoms with Crippen molar-refractivity contribution in [1.82, 2.24) is 4.90 Å². The van der Waals surface area contributed by atoms with Gasteiger partial charge in [-0.15, -0.1) is 0 Å². The summed E-state index contributed by atoms with van der Waals surface area (Å²) in [7, 11) is 4.32. The Morgan fingerprint density at radius 3 is 2.31 bits per heavy atom. The van der Waals surface area contributed by atoms with E-state index in [1.807, 2.05) is 30.3 Å². The molecule has 0 aliphatic rings. The molecular weight excluding hydrogens is 342 g/mol. The molecule has 0 aromatic heterocycles. The molecule has 2 rings (SSSR count). The summed E-state index contributed by atoms with van der Waals surface area (Å²) in [6.07, 6.45) is 1.07. The normalized spacial score (nSPS) is 10.6. The minimum Gasteiger partial charge on any atom is -0.344 e. The number of anilines is 1. The van der Waals surface area contributed by atoms with Crippen LogP contribution in [0.15, 0.2) is 54.6 Å². The zero-order chi connectivity index (χ0) is 18.9. The molecule has 2 aromatic rings. The summed E-state index contributed by atoms with van der Waals surface area (Å²) in [4.78, 5) is 15.0. The predicted octanol–water partition coefficient (Wildman–Crippen LogP) is 2.62. The van der Waals surface area contributed by atoms with Crippen molar-refractivity contribution in [3.05, 3.63) is 65.7 Å². The van der Waals surface area contributed by atoms with Crippen LogP contribution in [0.2, 0.25) is 0 Å². The van der Waals surface area contributed by atoms with Crippen molar-refractivity contribution in [3.8, 4) is 0 Å². The van der Waals surface area contributed by atoms with E-state index in [1.165, 1.54) is 10.5 Å². The monoisotopic (exact) mass is 370 g/mol. The Balaban J connectivity index is 2.04. The fraction of sp³-hybridized carbons (Fsp3) is 0.333. The third-order valence-electron chi connectivity index (χ3n) is 4.15. The Morgan fingerprint density at radius 1 is 1.08 bits per heavy atom. The molecule has 0 radical (unpaired) electrons. The molecule has 0 spiro atoms. The van der Waals surface area contributed by atoms with Crippen LogP contribution >= 0.6 is 12.2 Å². The number of ketones is 1. The number of carbonyl (C=O) groups is 1. The van der Waals surface area contributed by atoms with Gasteiger partial charge in [0.15, 0.2) is 10.9 Å². The first-order valence-electron chi connectivity index (χ1n) is 8.95. The van der Waals surface area contributed by atoms with Crippen molar-refractivity contribution in [2.24, 2.45) is 0 Å². The number of carbonyl (C=O) groups excluding carboxylic acids is 1. The quantitative estimate of drug-likeness (QED) is 0.553. The van der Waals surface area contributed by atoms with E-state index < -0.39 is 0 Å². The van der Waals surface area contributed by atoms with Crippen LogP contribution in [0.3, 0.4) is 0 Å². The van der Waals surface area contributed by atoms with Gasteiger partial charge >= 0.3 is 0 Å². The molecule has 0 heterocycles. The Bertz CT molecular complexity index is 714. The number of quaternary nitrogens is 1. The summed E-state index contributed by atoms with van der Waals surface area (Å²) in [6.45, 7) is 4.35. The highest BCUT2D eigenvalue weighted by atomic mass is 32.1. The summed E-state index contributed by atoms with van der Waals surface area (Å²) in [5.74, 6) is 0.0658. The third-order valence-corrected chi connectivity index (χ3v) is 4.51. The zero-order valence-electron chi connectivity index (χ0n) is 15.8. The average molecular weight is 371 g/mol. The van der Waals surface area contributed by atoms with Gasteiger partial charge in [-0.2, -0.15) is 0 Å². The molecule has 0 fully saturated rings. The number of nitrogens with one attached hydrogen (secondary N) is 2. The Hall–Kier alpha value is -2.24. The SMILES string of the molecule is CC(=O)c1ccc(NC(=S)N(CCC[NH+](C)C)Cc2ccccc2)cc1. The number of rotatable bonds is 8. The van der Waals surface area contributed by atoms with Crippen LogP contribution < -0.4 is 10.2 Å². The van der Waals surface area contributed by atoms with Crippen LogP contribution in [0, 0.1) is 0 Å². The minimum absolute atomic E-state index is 0.0658. The lowest BCUT2D eigenvalue weighted by Gasteiger charge is -2.26. The van der Waals surface area contributed by atoms with Crippen molar-refractivity contribution in [2.45, 2.75) is 19.9 Å². The van der Waals surface area contributed by atoms with Gasteiger partial charge in [0.1, 0.15) is 0 Å². The van der Waals surface area contributed by atoms with Gasteiger partial charge in [0.05, 0.1) is 20.6 Å². The third kappa shape index (κ3) is 6.58. The molecule has 0 saturated heterocycles. The van der Waals surface area contributed by atoms with Crippen molar-refractivity contribution in [2.75, 3.05) is 32.5 Å². The predicted molar refractivity (Wildman–Crippen MR) is 112 cm³/mol. The molecule has 0 saturated carbocycles. The van der Waals surface area contributed by atoms with E-state index in [9.17, 15) is 4.79 Å². The van der Waals surface area contributed by atoms with Crippen molar-refractivity contribution >= 4 is 28.8 Å². The van der Waals surface area contributed by atoms with Gasteiger partial charge in [-0.3, -0.25) is 4.79 Å². The summed E-state index contributed by atoms with van der Waals surface area (Å²) >= 11 is 5.66. The van der Waals surface area contributed by atoms with Gasteiger partial charge in [-0.1, -0.05) is 30.3 Å². The van der Waals surface area contributed by atoms with Crippen LogP contribution in [0.5, 0.6) is 0 Å². The largest absolute Gasteiger partial charge is 0.344 e. The molecule has 2 N–H and O–H groups in total. The van der Waals surface area contributed by atoms with Crippen LogP contribution in [0.25, 0.3) is 0 Å². The molecule has 138 valence electrons. The van der Waals surface area contributed by atoms with Crippen LogP contribution in [-0.4, -0.2) is 43.0 Å². The van der Waals surface area contributed by atoms with Crippen molar-refractivity contribution in [1.29, 1.82) is 0 Å². The first kappa shape index (κ1) is 20.1. The number of hydrogen-bond acceptors (Lipinski definition) is 2. The Morgan fingerprint density at radius 2 is 1.73 bits per heavy atom. The molecule has 26 heavy (non-hydrogen) atoms. The molecule has 0 amide bonds. The summed E-state index contributed by atoms with van der Waals surface area (Å²) in [5.41, 5.74) is 2.84. The maximum absolute atomic E-state index is 11.4. The van der Waals surface area contributed by atoms with Gasteiger partial charge in [0.2, 0.25) is 0 Å². The van der Waals surface area contributed by atoms with E-state index >= 15 is 0 Å². The molecule has 0 unspecified atom stereocenters. The number of hydrogen-bond donors (Lipinski definition) is 2. The molecule has 0 bridgehead atoms. The van der Waals surface area contributed by atoms with Gasteiger partial charge in [-0.25, -0.2) is 0 Å². The summed E-state index contributed by atoms with van der Waals surface area (Å²) in [5, 5.41) is 4.01. The lowest BCUT2D eigenvalue weighted by atomic mass is 10.1. The van der Waals surface area contributed by atoms with E-state index in [0.29, 0.717) is 10.7 Å². The topological polar surface area (TPSA) is 36.8 Å². The minimum atomic E-state index is 0.0658. The van der Waals surface area contributed by atoms with E-state index in [4.69, 9.17) is 12.2 Å². The second-order valence-corrected chi connectivity index (χ2v) is 7.17. The number of Topliss-reactive ketones (excluding diaryl/α,β-unsaturated/α-hetero) is 1. The molecule has 4 nitrogen and oxygen atoms in total. The average Bonchev–Trinajstić information content (AvgIpc) is 2.62. The molecule has 2 aromatic carbocycles. The van der Waals surface area contributed by atoms with E-state index in [-0.39, 0.29) is 5.78 Å². The van der Waals surface area contributed by atoms with Gasteiger partial charge < -0.3 is 15.1 Å². The fourth-order valence-electron chi connectivity index (χ4n) is 2.67. The first-order chi connectivity index (χ1) is 12.5. The van der Waals surface area contributed by atoms with Crippen LogP contribution in [0.1, 0.15) is 29.3 Å². The lowest BCUT2D eigenvalue weighted by molar-refractivity contribution is -0.858. The molecule has 0 atom stereocenters.